The molecule has 1 N–H and O–H groups in total. The molecule has 1 nitrogen and oxygen atoms in total. The van der Waals surface area contributed by atoms with E-state index in [1.54, 1.807) is 0 Å². The molecule has 0 radical (unpaired) electrons. The number of rotatable bonds is 3. The minimum Gasteiger partial charge on any atom is -0.393 e. The monoisotopic (exact) mass is 272 g/mol. The second kappa shape index (κ2) is 5.95. The van der Waals surface area contributed by atoms with Gasteiger partial charge in [0.25, 0.3) is 0 Å². The van der Waals surface area contributed by atoms with Crippen molar-refractivity contribution in [2.45, 2.75) is 50.3 Å². The van der Waals surface area contributed by atoms with Crippen LogP contribution in [0.2, 0.25) is 0 Å². The molecule has 0 aliphatic heterocycles. The Balaban J connectivity index is 1.96. The highest BCUT2D eigenvalue weighted by atomic mass is 19.4. The number of hydrogen-bond acceptors (Lipinski definition) is 1. The van der Waals surface area contributed by atoms with E-state index < -0.39 is 18.7 Å². The van der Waals surface area contributed by atoms with Crippen LogP contribution in [-0.4, -0.2) is 17.4 Å². The molecule has 0 heterocycles. The van der Waals surface area contributed by atoms with Gasteiger partial charge in [-0.15, -0.1) is 0 Å². The van der Waals surface area contributed by atoms with Crippen molar-refractivity contribution in [3.63, 3.8) is 0 Å². The van der Waals surface area contributed by atoms with Gasteiger partial charge in [0, 0.05) is 6.42 Å². The summed E-state index contributed by atoms with van der Waals surface area (Å²) in [5.41, 5.74) is 1.17. The van der Waals surface area contributed by atoms with E-state index in [2.05, 4.69) is 0 Å². The minimum atomic E-state index is -4.13. The lowest BCUT2D eigenvalue weighted by Gasteiger charge is -2.33. The molecule has 3 atom stereocenters. The molecule has 0 spiro atoms. The van der Waals surface area contributed by atoms with Crippen LogP contribution in [0.4, 0.5) is 13.2 Å². The largest absolute Gasteiger partial charge is 0.393 e. The topological polar surface area (TPSA) is 20.2 Å². The molecule has 0 bridgehead atoms. The SMILES string of the molecule is OC1CCC(c2ccccc2)CC1CCC(F)(F)F. The van der Waals surface area contributed by atoms with Gasteiger partial charge in [0.1, 0.15) is 0 Å². The Morgan fingerprint density at radius 1 is 1.11 bits per heavy atom. The van der Waals surface area contributed by atoms with Crippen LogP contribution in [0.15, 0.2) is 30.3 Å². The number of benzene rings is 1. The van der Waals surface area contributed by atoms with Crippen LogP contribution in [0.5, 0.6) is 0 Å². The molecule has 19 heavy (non-hydrogen) atoms. The van der Waals surface area contributed by atoms with Crippen molar-refractivity contribution < 1.29 is 18.3 Å². The average Bonchev–Trinajstić information content (AvgIpc) is 2.38. The summed E-state index contributed by atoms with van der Waals surface area (Å²) in [6.45, 7) is 0. The molecule has 1 saturated carbocycles. The van der Waals surface area contributed by atoms with Gasteiger partial charge < -0.3 is 5.11 Å². The van der Waals surface area contributed by atoms with Crippen LogP contribution < -0.4 is 0 Å². The predicted octanol–water partition coefficient (Wildman–Crippen LogP) is 4.27. The Kier molecular flexibility index (Phi) is 4.50. The number of halogens is 3. The number of aliphatic hydroxyl groups excluding tert-OH is 1. The van der Waals surface area contributed by atoms with Gasteiger partial charge in [0.15, 0.2) is 0 Å². The maximum absolute atomic E-state index is 12.3. The number of aliphatic hydroxyl groups is 1. The Labute approximate surface area is 111 Å². The van der Waals surface area contributed by atoms with Crippen LogP contribution in [0.3, 0.4) is 0 Å². The third-order valence-corrected chi connectivity index (χ3v) is 4.01. The third-order valence-electron chi connectivity index (χ3n) is 4.01. The van der Waals surface area contributed by atoms with Crippen LogP contribution in [0, 0.1) is 5.92 Å². The average molecular weight is 272 g/mol. The van der Waals surface area contributed by atoms with E-state index in [0.717, 1.165) is 6.42 Å². The van der Waals surface area contributed by atoms with Crippen molar-refractivity contribution in [3.8, 4) is 0 Å². The number of hydrogen-bond donors (Lipinski definition) is 1. The molecule has 0 aromatic heterocycles. The maximum atomic E-state index is 12.3. The van der Waals surface area contributed by atoms with Gasteiger partial charge in [0.2, 0.25) is 0 Å². The number of alkyl halides is 3. The van der Waals surface area contributed by atoms with Gasteiger partial charge >= 0.3 is 6.18 Å². The second-order valence-electron chi connectivity index (χ2n) is 5.40. The zero-order valence-electron chi connectivity index (χ0n) is 10.7. The van der Waals surface area contributed by atoms with Crippen molar-refractivity contribution >= 4 is 0 Å². The summed E-state index contributed by atoms with van der Waals surface area (Å²) < 4.78 is 36.8. The first-order valence-electron chi connectivity index (χ1n) is 6.75. The normalized spacial score (nSPS) is 28.3. The van der Waals surface area contributed by atoms with E-state index >= 15 is 0 Å². The molecule has 0 saturated heterocycles. The molecule has 1 aliphatic rings. The Morgan fingerprint density at radius 2 is 1.79 bits per heavy atom. The highest BCUT2D eigenvalue weighted by molar-refractivity contribution is 5.20. The lowest BCUT2D eigenvalue weighted by Crippen LogP contribution is -2.29. The van der Waals surface area contributed by atoms with Crippen molar-refractivity contribution in [2.24, 2.45) is 5.92 Å². The van der Waals surface area contributed by atoms with Gasteiger partial charge in [-0.1, -0.05) is 30.3 Å². The molecule has 3 unspecified atom stereocenters. The molecule has 1 aromatic carbocycles. The van der Waals surface area contributed by atoms with Crippen LogP contribution in [0.25, 0.3) is 0 Å². The lowest BCUT2D eigenvalue weighted by atomic mass is 9.75. The van der Waals surface area contributed by atoms with Gasteiger partial charge in [0.05, 0.1) is 6.10 Å². The van der Waals surface area contributed by atoms with Gasteiger partial charge in [-0.25, -0.2) is 0 Å². The summed E-state index contributed by atoms with van der Waals surface area (Å²) in [5.74, 6) is 0.0448. The summed E-state index contributed by atoms with van der Waals surface area (Å²) in [7, 11) is 0. The van der Waals surface area contributed by atoms with Crippen molar-refractivity contribution in [3.05, 3.63) is 35.9 Å². The second-order valence-corrected chi connectivity index (χ2v) is 5.40. The Bertz CT molecular complexity index is 388. The lowest BCUT2D eigenvalue weighted by molar-refractivity contribution is -0.140. The van der Waals surface area contributed by atoms with Crippen LogP contribution in [0.1, 0.15) is 43.6 Å². The van der Waals surface area contributed by atoms with E-state index in [4.69, 9.17) is 0 Å². The zero-order valence-corrected chi connectivity index (χ0v) is 10.7. The fourth-order valence-electron chi connectivity index (χ4n) is 2.94. The smallest absolute Gasteiger partial charge is 0.389 e. The van der Waals surface area contributed by atoms with Gasteiger partial charge in [-0.05, 0) is 43.1 Å². The standard InChI is InChI=1S/C15H19F3O/c16-15(17,18)9-8-13-10-12(6-7-14(13)19)11-4-2-1-3-5-11/h1-5,12-14,19H,6-10H2. The molecule has 4 heteroatoms. The Hall–Kier alpha value is -1.03. The van der Waals surface area contributed by atoms with E-state index in [9.17, 15) is 18.3 Å². The summed E-state index contributed by atoms with van der Waals surface area (Å²) in [6.07, 6.45) is -3.36. The summed E-state index contributed by atoms with van der Waals surface area (Å²) in [6, 6.07) is 9.87. The third kappa shape index (κ3) is 4.23. The van der Waals surface area contributed by atoms with Crippen LogP contribution >= 0.6 is 0 Å². The van der Waals surface area contributed by atoms with Gasteiger partial charge in [-0.3, -0.25) is 0 Å². The molecule has 0 amide bonds. The van der Waals surface area contributed by atoms with Crippen molar-refractivity contribution in [2.75, 3.05) is 0 Å². The van der Waals surface area contributed by atoms with E-state index in [-0.39, 0.29) is 18.3 Å². The molecule has 1 fully saturated rings. The molecular weight excluding hydrogens is 253 g/mol. The first kappa shape index (κ1) is 14.4. The predicted molar refractivity (Wildman–Crippen MR) is 67.8 cm³/mol. The summed E-state index contributed by atoms with van der Waals surface area (Å²) in [5, 5.41) is 9.86. The Morgan fingerprint density at radius 3 is 2.42 bits per heavy atom. The first-order valence-corrected chi connectivity index (χ1v) is 6.75. The first-order chi connectivity index (χ1) is 8.96. The molecule has 1 aromatic rings. The molecular formula is C15H19F3O. The summed E-state index contributed by atoms with van der Waals surface area (Å²) >= 11 is 0. The molecule has 106 valence electrons. The van der Waals surface area contributed by atoms with Gasteiger partial charge in [-0.2, -0.15) is 13.2 Å². The fraction of sp³-hybridized carbons (Fsp3) is 0.600. The van der Waals surface area contributed by atoms with Crippen molar-refractivity contribution in [1.82, 2.24) is 0 Å². The minimum absolute atomic E-state index is 0.0357. The van der Waals surface area contributed by atoms with E-state index in [1.807, 2.05) is 30.3 Å². The highest BCUT2D eigenvalue weighted by Gasteiger charge is 2.34. The van der Waals surface area contributed by atoms with E-state index in [1.165, 1.54) is 5.56 Å². The maximum Gasteiger partial charge on any atom is 0.389 e. The van der Waals surface area contributed by atoms with Crippen LogP contribution in [-0.2, 0) is 0 Å². The molecule has 1 aliphatic carbocycles. The quantitative estimate of drug-likeness (QED) is 0.871. The van der Waals surface area contributed by atoms with E-state index in [0.29, 0.717) is 12.8 Å². The summed E-state index contributed by atoms with van der Waals surface area (Å²) in [4.78, 5) is 0. The molecule has 2 rings (SSSR count). The van der Waals surface area contributed by atoms with Crippen molar-refractivity contribution in [1.29, 1.82) is 0 Å². The zero-order chi connectivity index (χ0) is 13.9. The fourth-order valence-corrected chi connectivity index (χ4v) is 2.94. The highest BCUT2D eigenvalue weighted by Crippen LogP contribution is 2.39.